The van der Waals surface area contributed by atoms with Crippen LogP contribution in [0, 0.1) is 5.92 Å². The first-order valence-corrected chi connectivity index (χ1v) is 7.78. The Morgan fingerprint density at radius 1 is 1.35 bits per heavy atom. The van der Waals surface area contributed by atoms with Gasteiger partial charge in [-0.15, -0.1) is 0 Å². The summed E-state index contributed by atoms with van der Waals surface area (Å²) in [5, 5.41) is 7.76. The quantitative estimate of drug-likeness (QED) is 0.902. The summed E-state index contributed by atoms with van der Waals surface area (Å²) < 4.78 is 1.60. The zero-order valence-corrected chi connectivity index (χ0v) is 12.2. The Kier molecular flexibility index (Phi) is 4.05. The van der Waals surface area contributed by atoms with Crippen molar-refractivity contribution < 1.29 is 0 Å². The van der Waals surface area contributed by atoms with E-state index in [1.807, 2.05) is 6.20 Å². The van der Waals surface area contributed by atoms with E-state index in [4.69, 9.17) is 0 Å². The molecule has 3 heterocycles. The highest BCUT2D eigenvalue weighted by Crippen LogP contribution is 2.21. The molecule has 2 fully saturated rings. The van der Waals surface area contributed by atoms with Crippen molar-refractivity contribution in [1.29, 1.82) is 0 Å². The predicted octanol–water partition coefficient (Wildman–Crippen LogP) is 1.23. The molecule has 1 atom stereocenters. The zero-order valence-electron chi connectivity index (χ0n) is 12.2. The van der Waals surface area contributed by atoms with Crippen LogP contribution in [0.2, 0.25) is 0 Å². The van der Waals surface area contributed by atoms with Crippen molar-refractivity contribution in [2.45, 2.75) is 45.2 Å². The third-order valence-corrected chi connectivity index (χ3v) is 4.56. The smallest absolute Gasteiger partial charge is 0.268 e. The van der Waals surface area contributed by atoms with Crippen molar-refractivity contribution in [3.05, 3.63) is 22.6 Å². The summed E-state index contributed by atoms with van der Waals surface area (Å²) in [7, 11) is 0. The second-order valence-electron chi connectivity index (χ2n) is 6.20. The Labute approximate surface area is 120 Å². The number of hydrogen-bond donors (Lipinski definition) is 1. The molecule has 0 bridgehead atoms. The lowest BCUT2D eigenvalue weighted by Crippen LogP contribution is -2.36. The second kappa shape index (κ2) is 5.95. The van der Waals surface area contributed by atoms with E-state index >= 15 is 0 Å². The number of piperidine rings is 1. The summed E-state index contributed by atoms with van der Waals surface area (Å²) in [5.41, 5.74) is 1.01. The Morgan fingerprint density at radius 2 is 2.15 bits per heavy atom. The van der Waals surface area contributed by atoms with Crippen LogP contribution in [0.1, 0.15) is 32.6 Å². The molecule has 5 heteroatoms. The van der Waals surface area contributed by atoms with Crippen molar-refractivity contribution in [3.63, 3.8) is 0 Å². The summed E-state index contributed by atoms with van der Waals surface area (Å²) in [5.74, 6) is 0.799. The van der Waals surface area contributed by atoms with Crippen LogP contribution in [0.3, 0.4) is 0 Å². The van der Waals surface area contributed by atoms with Crippen LogP contribution in [0.25, 0.3) is 0 Å². The summed E-state index contributed by atoms with van der Waals surface area (Å²) in [6.07, 6.45) is 6.60. The third kappa shape index (κ3) is 3.03. The van der Waals surface area contributed by atoms with E-state index in [1.165, 1.54) is 19.3 Å². The molecule has 0 amide bonds. The molecule has 2 aliphatic rings. The fourth-order valence-electron chi connectivity index (χ4n) is 3.12. The molecule has 1 aromatic heterocycles. The maximum absolute atomic E-state index is 12.2. The van der Waals surface area contributed by atoms with Gasteiger partial charge in [-0.2, -0.15) is 5.10 Å². The number of nitrogens with zero attached hydrogens (tertiary/aromatic N) is 3. The molecule has 0 aliphatic carbocycles. The normalized spacial score (nSPS) is 24.2. The van der Waals surface area contributed by atoms with Gasteiger partial charge < -0.3 is 10.2 Å². The predicted molar refractivity (Wildman–Crippen MR) is 80.1 cm³/mol. The van der Waals surface area contributed by atoms with Gasteiger partial charge in [-0.25, -0.2) is 4.68 Å². The summed E-state index contributed by atoms with van der Waals surface area (Å²) in [6, 6.07) is 2.15. The van der Waals surface area contributed by atoms with Gasteiger partial charge in [-0.3, -0.25) is 4.79 Å². The average molecular weight is 276 g/mol. The van der Waals surface area contributed by atoms with Crippen LogP contribution in [-0.4, -0.2) is 35.5 Å². The van der Waals surface area contributed by atoms with Gasteiger partial charge in [-0.1, -0.05) is 6.92 Å². The summed E-state index contributed by atoms with van der Waals surface area (Å²) >= 11 is 0. The molecule has 0 radical (unpaired) electrons. The number of aromatic nitrogens is 2. The molecule has 1 aromatic rings. The first-order valence-electron chi connectivity index (χ1n) is 7.78. The molecule has 5 nitrogen and oxygen atoms in total. The Bertz CT molecular complexity index is 499. The average Bonchev–Trinajstić information content (AvgIpc) is 2.95. The molecular weight excluding hydrogens is 252 g/mol. The molecule has 0 aromatic carbocycles. The highest BCUT2D eigenvalue weighted by Gasteiger charge is 2.18. The number of rotatable bonds is 3. The largest absolute Gasteiger partial charge is 0.370 e. The van der Waals surface area contributed by atoms with Crippen molar-refractivity contribution in [1.82, 2.24) is 15.1 Å². The van der Waals surface area contributed by atoms with E-state index in [2.05, 4.69) is 22.2 Å². The Balaban J connectivity index is 1.68. The Morgan fingerprint density at radius 3 is 2.80 bits per heavy atom. The van der Waals surface area contributed by atoms with Gasteiger partial charge in [-0.05, 0) is 38.1 Å². The molecule has 3 rings (SSSR count). The second-order valence-corrected chi connectivity index (χ2v) is 6.20. The lowest BCUT2D eigenvalue weighted by Gasteiger charge is -2.31. The first kappa shape index (κ1) is 13.6. The molecule has 1 unspecified atom stereocenters. The molecule has 2 saturated heterocycles. The maximum Gasteiger partial charge on any atom is 0.268 e. The molecule has 20 heavy (non-hydrogen) atoms. The van der Waals surface area contributed by atoms with E-state index in [1.54, 1.807) is 10.7 Å². The van der Waals surface area contributed by atoms with Crippen LogP contribution in [0.5, 0.6) is 0 Å². The van der Waals surface area contributed by atoms with Gasteiger partial charge in [0.1, 0.15) is 0 Å². The topological polar surface area (TPSA) is 50.2 Å². The minimum absolute atomic E-state index is 0.0230. The molecule has 2 aliphatic heterocycles. The fourth-order valence-corrected chi connectivity index (χ4v) is 3.12. The van der Waals surface area contributed by atoms with Crippen LogP contribution in [0.4, 0.5) is 5.69 Å². The van der Waals surface area contributed by atoms with E-state index in [0.717, 1.165) is 37.7 Å². The monoisotopic (exact) mass is 276 g/mol. The van der Waals surface area contributed by atoms with Crippen molar-refractivity contribution in [2.24, 2.45) is 5.92 Å². The molecule has 110 valence electrons. The molecule has 1 N–H and O–H groups in total. The molecule has 0 saturated carbocycles. The molecule has 0 spiro atoms. The van der Waals surface area contributed by atoms with Gasteiger partial charge in [0.15, 0.2) is 0 Å². The summed E-state index contributed by atoms with van der Waals surface area (Å²) in [6.45, 7) is 6.12. The van der Waals surface area contributed by atoms with Crippen LogP contribution in [-0.2, 0) is 6.54 Å². The van der Waals surface area contributed by atoms with Crippen molar-refractivity contribution in [2.75, 3.05) is 24.5 Å². The van der Waals surface area contributed by atoms with Gasteiger partial charge >= 0.3 is 0 Å². The fraction of sp³-hybridized carbons (Fsp3) is 0.733. The van der Waals surface area contributed by atoms with E-state index in [9.17, 15) is 4.79 Å². The SMILES string of the molecule is CC1CCN(c2cnn(CC3CCCN3)c(=O)c2)CC1. The lowest BCUT2D eigenvalue weighted by atomic mass is 9.99. The maximum atomic E-state index is 12.2. The molecular formula is C15H24N4O. The number of nitrogens with one attached hydrogen (secondary N) is 1. The minimum Gasteiger partial charge on any atom is -0.370 e. The Hall–Kier alpha value is -1.36. The third-order valence-electron chi connectivity index (χ3n) is 4.56. The van der Waals surface area contributed by atoms with E-state index < -0.39 is 0 Å². The van der Waals surface area contributed by atoms with E-state index in [-0.39, 0.29) is 5.56 Å². The lowest BCUT2D eigenvalue weighted by molar-refractivity contribution is 0.435. The van der Waals surface area contributed by atoms with Crippen LogP contribution >= 0.6 is 0 Å². The number of hydrogen-bond acceptors (Lipinski definition) is 4. The standard InChI is InChI=1S/C15H24N4O/c1-12-4-7-18(8-5-12)14-9-15(20)19(17-10-14)11-13-3-2-6-16-13/h9-10,12-13,16H,2-8,11H2,1H3. The van der Waals surface area contributed by atoms with Gasteiger partial charge in [0.05, 0.1) is 18.4 Å². The van der Waals surface area contributed by atoms with Gasteiger partial charge in [0.25, 0.3) is 5.56 Å². The van der Waals surface area contributed by atoms with Crippen molar-refractivity contribution in [3.8, 4) is 0 Å². The summed E-state index contributed by atoms with van der Waals surface area (Å²) in [4.78, 5) is 14.5. The van der Waals surface area contributed by atoms with Crippen molar-refractivity contribution >= 4 is 5.69 Å². The van der Waals surface area contributed by atoms with Gasteiger partial charge in [0, 0.05) is 25.2 Å². The van der Waals surface area contributed by atoms with Crippen LogP contribution in [0.15, 0.2) is 17.1 Å². The van der Waals surface area contributed by atoms with Gasteiger partial charge in [0.2, 0.25) is 0 Å². The highest BCUT2D eigenvalue weighted by atomic mass is 16.1. The first-order chi connectivity index (χ1) is 9.72. The minimum atomic E-state index is 0.0230. The van der Waals surface area contributed by atoms with Crippen LogP contribution < -0.4 is 15.8 Å². The van der Waals surface area contributed by atoms with E-state index in [0.29, 0.717) is 12.6 Å². The highest BCUT2D eigenvalue weighted by molar-refractivity contribution is 5.43. The zero-order chi connectivity index (χ0) is 13.9. The number of anilines is 1.